The lowest BCUT2D eigenvalue weighted by atomic mass is 9.87. The van der Waals surface area contributed by atoms with Gasteiger partial charge in [-0.3, -0.25) is 9.59 Å². The predicted octanol–water partition coefficient (Wildman–Crippen LogP) is 1.27. The fourth-order valence-electron chi connectivity index (χ4n) is 4.09. The molecule has 5 nitrogen and oxygen atoms in total. The van der Waals surface area contributed by atoms with Crippen molar-refractivity contribution in [2.45, 2.75) is 38.5 Å². The molecule has 21 heavy (non-hydrogen) atoms. The molecule has 0 N–H and O–H groups in total. The van der Waals surface area contributed by atoms with Crippen molar-refractivity contribution >= 4 is 11.8 Å². The van der Waals surface area contributed by atoms with Crippen molar-refractivity contribution in [1.29, 1.82) is 0 Å². The van der Waals surface area contributed by atoms with Crippen molar-refractivity contribution in [3.8, 4) is 0 Å². The zero-order valence-corrected chi connectivity index (χ0v) is 13.0. The number of hydrogen-bond acceptors (Lipinski definition) is 3. The van der Waals surface area contributed by atoms with E-state index in [-0.39, 0.29) is 17.9 Å². The Bertz CT molecular complexity index is 420. The average molecular weight is 294 g/mol. The van der Waals surface area contributed by atoms with Crippen LogP contribution in [0.3, 0.4) is 0 Å². The Hall–Kier alpha value is -1.10. The molecular formula is C16H26N2O3. The predicted molar refractivity (Wildman–Crippen MR) is 78.7 cm³/mol. The molecule has 1 atom stereocenters. The fraction of sp³-hybridized carbons (Fsp3) is 0.875. The lowest BCUT2D eigenvalue weighted by molar-refractivity contribution is -0.132. The SMILES string of the molecule is CN1CC2(CCN(C(=O)CC3CCCC3)C2)COCC1=O. The minimum absolute atomic E-state index is 0.0441. The highest BCUT2D eigenvalue weighted by Crippen LogP contribution is 2.35. The summed E-state index contributed by atoms with van der Waals surface area (Å²) in [4.78, 5) is 28.0. The van der Waals surface area contributed by atoms with Gasteiger partial charge < -0.3 is 14.5 Å². The Labute approximate surface area is 126 Å². The highest BCUT2D eigenvalue weighted by molar-refractivity contribution is 5.78. The van der Waals surface area contributed by atoms with E-state index in [0.717, 1.165) is 19.5 Å². The lowest BCUT2D eigenvalue weighted by Gasteiger charge is -2.30. The molecule has 2 heterocycles. The van der Waals surface area contributed by atoms with Crippen LogP contribution in [0.4, 0.5) is 0 Å². The maximum Gasteiger partial charge on any atom is 0.248 e. The van der Waals surface area contributed by atoms with Gasteiger partial charge in [-0.15, -0.1) is 0 Å². The summed E-state index contributed by atoms with van der Waals surface area (Å²) >= 11 is 0. The lowest BCUT2D eigenvalue weighted by Crippen LogP contribution is -2.41. The van der Waals surface area contributed by atoms with E-state index in [9.17, 15) is 9.59 Å². The van der Waals surface area contributed by atoms with Crippen LogP contribution in [0.25, 0.3) is 0 Å². The monoisotopic (exact) mass is 294 g/mol. The van der Waals surface area contributed by atoms with Gasteiger partial charge in [-0.25, -0.2) is 0 Å². The zero-order chi connectivity index (χ0) is 14.9. The summed E-state index contributed by atoms with van der Waals surface area (Å²) in [5.74, 6) is 0.947. The van der Waals surface area contributed by atoms with Crippen LogP contribution >= 0.6 is 0 Å². The highest BCUT2D eigenvalue weighted by atomic mass is 16.5. The summed E-state index contributed by atoms with van der Waals surface area (Å²) in [6.45, 7) is 3.04. The van der Waals surface area contributed by atoms with Crippen molar-refractivity contribution in [3.63, 3.8) is 0 Å². The standard InChI is InChI=1S/C16H26N2O3/c1-17-10-16(12-21-9-15(17)20)6-7-18(11-16)14(19)8-13-4-2-3-5-13/h13H,2-12H2,1H3. The Morgan fingerprint density at radius 2 is 2.10 bits per heavy atom. The van der Waals surface area contributed by atoms with Crippen LogP contribution < -0.4 is 0 Å². The van der Waals surface area contributed by atoms with Crippen LogP contribution in [0.5, 0.6) is 0 Å². The molecule has 5 heteroatoms. The third kappa shape index (κ3) is 3.23. The topological polar surface area (TPSA) is 49.9 Å². The molecule has 2 amide bonds. The molecular weight excluding hydrogens is 268 g/mol. The van der Waals surface area contributed by atoms with Gasteiger partial charge in [0.05, 0.1) is 6.61 Å². The number of carbonyl (C=O) groups excluding carboxylic acids is 2. The summed E-state index contributed by atoms with van der Waals surface area (Å²) in [5.41, 5.74) is -0.0494. The van der Waals surface area contributed by atoms with E-state index in [1.165, 1.54) is 25.7 Å². The first-order chi connectivity index (χ1) is 10.1. The van der Waals surface area contributed by atoms with E-state index in [1.807, 2.05) is 11.9 Å². The quantitative estimate of drug-likeness (QED) is 0.771. The number of ether oxygens (including phenoxy) is 1. The molecule has 0 bridgehead atoms. The summed E-state index contributed by atoms with van der Waals surface area (Å²) in [5, 5.41) is 0. The Morgan fingerprint density at radius 3 is 2.86 bits per heavy atom. The van der Waals surface area contributed by atoms with E-state index in [0.29, 0.717) is 31.4 Å². The minimum Gasteiger partial charge on any atom is -0.371 e. The first-order valence-corrected chi connectivity index (χ1v) is 8.17. The van der Waals surface area contributed by atoms with Gasteiger partial charge >= 0.3 is 0 Å². The number of likely N-dealkylation sites (tertiary alicyclic amines) is 1. The second-order valence-electron chi connectivity index (χ2n) is 7.16. The third-order valence-electron chi connectivity index (χ3n) is 5.36. The van der Waals surface area contributed by atoms with Gasteiger partial charge in [0.15, 0.2) is 0 Å². The summed E-state index contributed by atoms with van der Waals surface area (Å²) in [6, 6.07) is 0. The van der Waals surface area contributed by atoms with Crippen molar-refractivity contribution in [2.24, 2.45) is 11.3 Å². The molecule has 0 aromatic rings. The summed E-state index contributed by atoms with van der Waals surface area (Å²) in [7, 11) is 1.84. The minimum atomic E-state index is -0.0494. The maximum absolute atomic E-state index is 12.5. The Balaban J connectivity index is 1.58. The number of rotatable bonds is 2. The fourth-order valence-corrected chi connectivity index (χ4v) is 4.09. The first-order valence-electron chi connectivity index (χ1n) is 8.17. The number of hydrogen-bond donors (Lipinski definition) is 0. The second kappa shape index (κ2) is 5.95. The van der Waals surface area contributed by atoms with E-state index in [4.69, 9.17) is 4.74 Å². The Kier molecular flexibility index (Phi) is 4.20. The Morgan fingerprint density at radius 1 is 1.33 bits per heavy atom. The average Bonchev–Trinajstić information content (AvgIpc) is 3.06. The van der Waals surface area contributed by atoms with E-state index < -0.39 is 0 Å². The van der Waals surface area contributed by atoms with Gasteiger partial charge in [-0.2, -0.15) is 0 Å². The second-order valence-corrected chi connectivity index (χ2v) is 7.16. The number of carbonyl (C=O) groups is 2. The van der Waals surface area contributed by atoms with Crippen LogP contribution in [-0.4, -0.2) is 61.5 Å². The molecule has 2 saturated heterocycles. The molecule has 1 spiro atoms. The molecule has 0 aromatic heterocycles. The molecule has 1 saturated carbocycles. The summed E-state index contributed by atoms with van der Waals surface area (Å²) in [6.07, 6.45) is 6.65. The van der Waals surface area contributed by atoms with Gasteiger partial charge in [-0.1, -0.05) is 12.8 Å². The number of amides is 2. The van der Waals surface area contributed by atoms with Crippen molar-refractivity contribution < 1.29 is 14.3 Å². The van der Waals surface area contributed by atoms with E-state index in [2.05, 4.69) is 0 Å². The first kappa shape index (κ1) is 14.8. The molecule has 0 radical (unpaired) electrons. The molecule has 1 unspecified atom stereocenters. The highest BCUT2D eigenvalue weighted by Gasteiger charge is 2.43. The van der Waals surface area contributed by atoms with Crippen molar-refractivity contribution in [1.82, 2.24) is 9.80 Å². The number of nitrogens with zero attached hydrogens (tertiary/aromatic N) is 2. The normalized spacial score (nSPS) is 31.2. The smallest absolute Gasteiger partial charge is 0.248 e. The van der Waals surface area contributed by atoms with E-state index >= 15 is 0 Å². The van der Waals surface area contributed by atoms with Crippen LogP contribution in [0.1, 0.15) is 38.5 Å². The largest absolute Gasteiger partial charge is 0.371 e. The molecule has 3 rings (SSSR count). The van der Waals surface area contributed by atoms with Gasteiger partial charge in [-0.05, 0) is 25.2 Å². The molecule has 118 valence electrons. The van der Waals surface area contributed by atoms with Crippen molar-refractivity contribution in [2.75, 3.05) is 39.9 Å². The van der Waals surface area contributed by atoms with Crippen LogP contribution in [0.15, 0.2) is 0 Å². The third-order valence-corrected chi connectivity index (χ3v) is 5.36. The molecule has 1 aliphatic carbocycles. The van der Waals surface area contributed by atoms with E-state index in [1.54, 1.807) is 4.90 Å². The van der Waals surface area contributed by atoms with Gasteiger partial charge in [0, 0.05) is 38.5 Å². The van der Waals surface area contributed by atoms with Gasteiger partial charge in [0.2, 0.25) is 11.8 Å². The van der Waals surface area contributed by atoms with Crippen LogP contribution in [0.2, 0.25) is 0 Å². The summed E-state index contributed by atoms with van der Waals surface area (Å²) < 4.78 is 5.55. The zero-order valence-electron chi connectivity index (χ0n) is 13.0. The van der Waals surface area contributed by atoms with Gasteiger partial charge in [0.25, 0.3) is 0 Å². The van der Waals surface area contributed by atoms with Crippen LogP contribution in [-0.2, 0) is 14.3 Å². The molecule has 2 aliphatic heterocycles. The molecule has 3 fully saturated rings. The number of likely N-dealkylation sites (N-methyl/N-ethyl adjacent to an activating group) is 1. The molecule has 0 aromatic carbocycles. The maximum atomic E-state index is 12.5. The van der Waals surface area contributed by atoms with Crippen molar-refractivity contribution in [3.05, 3.63) is 0 Å². The molecule has 3 aliphatic rings. The van der Waals surface area contributed by atoms with Gasteiger partial charge in [0.1, 0.15) is 6.61 Å². The van der Waals surface area contributed by atoms with Crippen LogP contribution in [0, 0.1) is 11.3 Å².